The number of carbonyl (C=O) groups excluding carboxylic acids is 2. The van der Waals surface area contributed by atoms with E-state index in [0.29, 0.717) is 13.0 Å². The fraction of sp³-hybridized carbons (Fsp3) is 0.733. The molecule has 0 aromatic carbocycles. The number of ether oxygens (including phenoxy) is 2. The quantitative estimate of drug-likeness (QED) is 0.630. The number of hydrogen-bond acceptors (Lipinski definition) is 5. The lowest BCUT2D eigenvalue weighted by Crippen LogP contribution is -2.46. The van der Waals surface area contributed by atoms with Crippen LogP contribution in [0.5, 0.6) is 0 Å². The first-order chi connectivity index (χ1) is 9.75. The fourth-order valence-electron chi connectivity index (χ4n) is 2.64. The average Bonchev–Trinajstić information content (AvgIpc) is 2.75. The molecule has 0 aromatic heterocycles. The van der Waals surface area contributed by atoms with Gasteiger partial charge in [-0.2, -0.15) is 0 Å². The molecule has 0 bridgehead atoms. The van der Waals surface area contributed by atoms with E-state index >= 15 is 0 Å². The number of likely N-dealkylation sites (tertiary alicyclic amines) is 1. The van der Waals surface area contributed by atoms with E-state index in [4.69, 9.17) is 9.47 Å². The summed E-state index contributed by atoms with van der Waals surface area (Å²) in [6.07, 6.45) is 1.56. The highest BCUT2D eigenvalue weighted by Crippen LogP contribution is 2.34. The van der Waals surface area contributed by atoms with Crippen molar-refractivity contribution in [3.05, 3.63) is 12.7 Å². The predicted molar refractivity (Wildman–Crippen MR) is 77.6 cm³/mol. The number of amides is 1. The summed E-state index contributed by atoms with van der Waals surface area (Å²) in [5.74, 6) is -0.787. The highest BCUT2D eigenvalue weighted by atomic mass is 16.6. The van der Waals surface area contributed by atoms with Gasteiger partial charge in [0, 0.05) is 19.1 Å². The van der Waals surface area contributed by atoms with Gasteiger partial charge in [0.15, 0.2) is 0 Å². The minimum absolute atomic E-state index is 0.0648. The van der Waals surface area contributed by atoms with E-state index < -0.39 is 23.7 Å². The topological polar surface area (TPSA) is 76.1 Å². The van der Waals surface area contributed by atoms with Crippen molar-refractivity contribution in [2.45, 2.75) is 38.8 Å². The number of rotatable bonds is 4. The molecule has 6 nitrogen and oxygen atoms in total. The molecule has 0 unspecified atom stereocenters. The molecule has 0 radical (unpaired) electrons. The van der Waals surface area contributed by atoms with Crippen molar-refractivity contribution in [2.24, 2.45) is 11.8 Å². The van der Waals surface area contributed by atoms with Crippen LogP contribution >= 0.6 is 0 Å². The number of esters is 1. The summed E-state index contributed by atoms with van der Waals surface area (Å²) >= 11 is 0. The van der Waals surface area contributed by atoms with E-state index in [2.05, 4.69) is 6.58 Å². The van der Waals surface area contributed by atoms with Gasteiger partial charge in [0.1, 0.15) is 11.6 Å². The van der Waals surface area contributed by atoms with Gasteiger partial charge in [0.2, 0.25) is 0 Å². The molecule has 6 heteroatoms. The van der Waals surface area contributed by atoms with Gasteiger partial charge < -0.3 is 14.6 Å². The van der Waals surface area contributed by atoms with E-state index in [9.17, 15) is 14.7 Å². The number of carbonyl (C=O) groups is 2. The Balaban J connectivity index is 3.02. The van der Waals surface area contributed by atoms with Gasteiger partial charge in [0.05, 0.1) is 7.11 Å². The summed E-state index contributed by atoms with van der Waals surface area (Å²) in [5.41, 5.74) is -0.642. The van der Waals surface area contributed by atoms with Crippen molar-refractivity contribution in [1.29, 1.82) is 0 Å². The molecule has 0 aromatic rings. The molecule has 1 rings (SSSR count). The normalized spacial score (nSPS) is 25.6. The van der Waals surface area contributed by atoms with Crippen molar-refractivity contribution in [2.75, 3.05) is 20.3 Å². The summed E-state index contributed by atoms with van der Waals surface area (Å²) < 4.78 is 10.2. The molecule has 1 N–H and O–H groups in total. The van der Waals surface area contributed by atoms with E-state index in [1.165, 1.54) is 12.0 Å². The Morgan fingerprint density at radius 3 is 2.48 bits per heavy atom. The van der Waals surface area contributed by atoms with Gasteiger partial charge in [-0.3, -0.25) is 4.90 Å². The second-order valence-corrected chi connectivity index (χ2v) is 6.18. The first-order valence-electron chi connectivity index (χ1n) is 7.06. The van der Waals surface area contributed by atoms with Crippen LogP contribution in [0.1, 0.15) is 27.2 Å². The monoisotopic (exact) mass is 299 g/mol. The third kappa shape index (κ3) is 4.20. The number of aliphatic hydroxyl groups is 1. The summed E-state index contributed by atoms with van der Waals surface area (Å²) in [6.45, 7) is 9.33. The van der Waals surface area contributed by atoms with Crippen molar-refractivity contribution in [1.82, 2.24) is 4.90 Å². The van der Waals surface area contributed by atoms with Gasteiger partial charge >= 0.3 is 12.1 Å². The van der Waals surface area contributed by atoms with Crippen LogP contribution in [0.25, 0.3) is 0 Å². The van der Waals surface area contributed by atoms with Crippen molar-refractivity contribution in [3.63, 3.8) is 0 Å². The zero-order valence-electron chi connectivity index (χ0n) is 13.2. The minimum atomic E-state index is -0.750. The highest BCUT2D eigenvalue weighted by Gasteiger charge is 2.48. The molecular formula is C15H25NO5. The van der Waals surface area contributed by atoms with E-state index in [1.807, 2.05) is 0 Å². The molecule has 1 amide bonds. The number of aliphatic hydroxyl groups excluding tert-OH is 1. The van der Waals surface area contributed by atoms with Gasteiger partial charge in [-0.1, -0.05) is 6.08 Å². The van der Waals surface area contributed by atoms with E-state index in [0.717, 1.165) is 0 Å². The summed E-state index contributed by atoms with van der Waals surface area (Å²) in [5, 5.41) is 9.20. The lowest BCUT2D eigenvalue weighted by molar-refractivity contribution is -0.147. The molecule has 1 fully saturated rings. The number of nitrogens with zero attached hydrogens (tertiary/aromatic N) is 1. The number of hydrogen-bond donors (Lipinski definition) is 1. The Kier molecular flexibility index (Phi) is 5.78. The third-order valence-corrected chi connectivity index (χ3v) is 3.53. The minimum Gasteiger partial charge on any atom is -0.467 e. The summed E-state index contributed by atoms with van der Waals surface area (Å²) in [7, 11) is 1.28. The van der Waals surface area contributed by atoms with E-state index in [-0.39, 0.29) is 18.4 Å². The summed E-state index contributed by atoms with van der Waals surface area (Å²) in [6, 6.07) is -0.750. The fourth-order valence-corrected chi connectivity index (χ4v) is 2.64. The van der Waals surface area contributed by atoms with E-state index in [1.54, 1.807) is 26.8 Å². The zero-order chi connectivity index (χ0) is 16.2. The van der Waals surface area contributed by atoms with Gasteiger partial charge in [-0.05, 0) is 33.1 Å². The molecule has 120 valence electrons. The highest BCUT2D eigenvalue weighted by molar-refractivity contribution is 5.82. The molecule has 3 atom stereocenters. The third-order valence-electron chi connectivity index (χ3n) is 3.53. The van der Waals surface area contributed by atoms with Crippen molar-refractivity contribution >= 4 is 12.1 Å². The second-order valence-electron chi connectivity index (χ2n) is 6.18. The first-order valence-corrected chi connectivity index (χ1v) is 7.06. The van der Waals surface area contributed by atoms with Crippen LogP contribution in [0.4, 0.5) is 4.79 Å². The molecule has 1 aliphatic heterocycles. The SMILES string of the molecule is C=C[C@H]1CN(C(=O)OC(C)(C)C)[C@H](C(=O)OC)[C@H]1CCO. The smallest absolute Gasteiger partial charge is 0.411 e. The zero-order valence-corrected chi connectivity index (χ0v) is 13.2. The average molecular weight is 299 g/mol. The molecular weight excluding hydrogens is 274 g/mol. The first kappa shape index (κ1) is 17.5. The Hall–Kier alpha value is -1.56. The van der Waals surface area contributed by atoms with Gasteiger partial charge in [-0.25, -0.2) is 9.59 Å². The number of methoxy groups -OCH3 is 1. The van der Waals surface area contributed by atoms with Crippen LogP contribution in [0, 0.1) is 11.8 Å². The molecule has 0 aliphatic carbocycles. The lowest BCUT2D eigenvalue weighted by Gasteiger charge is -2.28. The van der Waals surface area contributed by atoms with Crippen LogP contribution in [-0.2, 0) is 14.3 Å². The molecule has 0 spiro atoms. The maximum absolute atomic E-state index is 12.3. The van der Waals surface area contributed by atoms with Crippen molar-refractivity contribution in [3.8, 4) is 0 Å². The second kappa shape index (κ2) is 6.93. The van der Waals surface area contributed by atoms with Gasteiger partial charge in [-0.15, -0.1) is 6.58 Å². The maximum Gasteiger partial charge on any atom is 0.411 e. The largest absolute Gasteiger partial charge is 0.467 e. The Labute approximate surface area is 125 Å². The Morgan fingerprint density at radius 2 is 2.05 bits per heavy atom. The Morgan fingerprint density at radius 1 is 1.43 bits per heavy atom. The summed E-state index contributed by atoms with van der Waals surface area (Å²) in [4.78, 5) is 25.7. The lowest BCUT2D eigenvalue weighted by atomic mass is 9.88. The molecule has 1 saturated heterocycles. The van der Waals surface area contributed by atoms with Gasteiger partial charge in [0.25, 0.3) is 0 Å². The maximum atomic E-state index is 12.3. The predicted octanol–water partition coefficient (Wildman–Crippen LogP) is 1.58. The Bertz CT molecular complexity index is 401. The van der Waals surface area contributed by atoms with Crippen LogP contribution in [0.3, 0.4) is 0 Å². The molecule has 21 heavy (non-hydrogen) atoms. The molecule has 1 aliphatic rings. The van der Waals surface area contributed by atoms with Crippen molar-refractivity contribution < 1.29 is 24.2 Å². The van der Waals surface area contributed by atoms with Crippen LogP contribution in [0.15, 0.2) is 12.7 Å². The molecule has 0 saturated carbocycles. The standard InChI is InChI=1S/C15H25NO5/c1-6-10-9-16(14(19)21-15(2,3)4)12(13(18)20-5)11(10)7-8-17/h6,10-12,17H,1,7-9H2,2-5H3/t10-,11-,12-/m0/s1. The van der Waals surface area contributed by atoms with Crippen LogP contribution < -0.4 is 0 Å². The molecule has 1 heterocycles. The van der Waals surface area contributed by atoms with Crippen LogP contribution in [-0.4, -0.2) is 54.0 Å². The van der Waals surface area contributed by atoms with Crippen LogP contribution in [0.2, 0.25) is 0 Å².